The molecule has 0 saturated carbocycles. The number of hydrogen-bond donors (Lipinski definition) is 2. The summed E-state index contributed by atoms with van der Waals surface area (Å²) in [5.41, 5.74) is -0.0833. The standard InChI is InChI=1S/C12H11BrN2O2S/c1-17-12(8-2-4-9(13)5-3-8)7-6-10(16)14-11(18)15-12/h2-7H,1H3,(H2,14,15,16,18). The number of ether oxygens (including phenoxy) is 1. The molecule has 1 heterocycles. The van der Waals surface area contributed by atoms with E-state index in [2.05, 4.69) is 26.6 Å². The van der Waals surface area contributed by atoms with Gasteiger partial charge in [-0.15, -0.1) is 0 Å². The van der Waals surface area contributed by atoms with Gasteiger partial charge in [0.05, 0.1) is 0 Å². The van der Waals surface area contributed by atoms with Crippen molar-refractivity contribution < 1.29 is 9.53 Å². The van der Waals surface area contributed by atoms with Crippen molar-refractivity contribution in [2.75, 3.05) is 7.11 Å². The first-order valence-electron chi connectivity index (χ1n) is 5.19. The Morgan fingerprint density at radius 1 is 1.33 bits per heavy atom. The normalized spacial score (nSPS) is 23.2. The van der Waals surface area contributed by atoms with Crippen LogP contribution in [0.25, 0.3) is 0 Å². The number of amides is 1. The predicted molar refractivity (Wildman–Crippen MR) is 75.8 cm³/mol. The van der Waals surface area contributed by atoms with Crippen LogP contribution < -0.4 is 10.6 Å². The van der Waals surface area contributed by atoms with Crippen LogP contribution in [0.3, 0.4) is 0 Å². The Hall–Kier alpha value is -1.24. The first kappa shape index (κ1) is 13.2. The molecule has 1 amide bonds. The number of rotatable bonds is 2. The molecule has 4 nitrogen and oxygen atoms in total. The molecule has 0 aromatic heterocycles. The van der Waals surface area contributed by atoms with Crippen LogP contribution in [0, 0.1) is 0 Å². The molecule has 1 atom stereocenters. The number of nitrogens with one attached hydrogen (secondary N) is 2. The largest absolute Gasteiger partial charge is 0.351 e. The second kappa shape index (κ2) is 5.17. The number of carbonyl (C=O) groups is 1. The second-order valence-corrected chi connectivity index (χ2v) is 5.05. The Morgan fingerprint density at radius 3 is 2.61 bits per heavy atom. The lowest BCUT2D eigenvalue weighted by Crippen LogP contribution is -2.48. The second-order valence-electron chi connectivity index (χ2n) is 3.72. The highest BCUT2D eigenvalue weighted by Gasteiger charge is 2.32. The van der Waals surface area contributed by atoms with Crippen LogP contribution in [-0.2, 0) is 15.3 Å². The molecule has 0 saturated heterocycles. The van der Waals surface area contributed by atoms with E-state index in [0.717, 1.165) is 10.0 Å². The SMILES string of the molecule is COC1(c2ccc(Br)cc2)C=CC(=O)NC(=S)N1. The molecule has 1 aliphatic rings. The molecule has 1 aromatic rings. The van der Waals surface area contributed by atoms with E-state index in [1.54, 1.807) is 13.2 Å². The number of hydrogen-bond acceptors (Lipinski definition) is 3. The van der Waals surface area contributed by atoms with Crippen LogP contribution in [0.15, 0.2) is 40.9 Å². The molecule has 6 heteroatoms. The number of benzene rings is 1. The first-order chi connectivity index (χ1) is 8.55. The van der Waals surface area contributed by atoms with Crippen LogP contribution in [0.1, 0.15) is 5.56 Å². The van der Waals surface area contributed by atoms with E-state index in [-0.39, 0.29) is 11.0 Å². The monoisotopic (exact) mass is 326 g/mol. The fraction of sp³-hybridized carbons (Fsp3) is 0.167. The van der Waals surface area contributed by atoms with Gasteiger partial charge in [0.2, 0.25) is 5.91 Å². The first-order valence-corrected chi connectivity index (χ1v) is 6.39. The van der Waals surface area contributed by atoms with Gasteiger partial charge in [-0.3, -0.25) is 10.1 Å². The van der Waals surface area contributed by atoms with Crippen LogP contribution in [0.4, 0.5) is 0 Å². The molecule has 94 valence electrons. The summed E-state index contributed by atoms with van der Waals surface area (Å²) in [4.78, 5) is 11.4. The molecular formula is C12H11BrN2O2S. The lowest BCUT2D eigenvalue weighted by atomic mass is 10.0. The highest BCUT2D eigenvalue weighted by molar-refractivity contribution is 9.10. The van der Waals surface area contributed by atoms with Crippen molar-refractivity contribution >= 4 is 39.2 Å². The predicted octanol–water partition coefficient (Wildman–Crippen LogP) is 1.81. The average molecular weight is 327 g/mol. The summed E-state index contributed by atoms with van der Waals surface area (Å²) in [5, 5.41) is 5.73. The summed E-state index contributed by atoms with van der Waals surface area (Å²) in [7, 11) is 1.55. The third-order valence-corrected chi connectivity index (χ3v) is 3.33. The topological polar surface area (TPSA) is 50.4 Å². The van der Waals surface area contributed by atoms with Crippen molar-refractivity contribution in [1.82, 2.24) is 10.6 Å². The smallest absolute Gasteiger partial charge is 0.249 e. The Kier molecular flexibility index (Phi) is 3.79. The molecule has 1 unspecified atom stereocenters. The van der Waals surface area contributed by atoms with Gasteiger partial charge in [0.15, 0.2) is 10.8 Å². The molecule has 0 bridgehead atoms. The van der Waals surface area contributed by atoms with Crippen molar-refractivity contribution in [3.05, 3.63) is 46.5 Å². The molecule has 1 aromatic carbocycles. The van der Waals surface area contributed by atoms with Gasteiger partial charge in [0.25, 0.3) is 0 Å². The molecule has 0 fully saturated rings. The van der Waals surface area contributed by atoms with Crippen molar-refractivity contribution in [3.8, 4) is 0 Å². The molecular weight excluding hydrogens is 316 g/mol. The molecule has 0 aliphatic carbocycles. The minimum Gasteiger partial charge on any atom is -0.351 e. The van der Waals surface area contributed by atoms with Gasteiger partial charge in [-0.2, -0.15) is 0 Å². The molecule has 0 radical (unpaired) electrons. The van der Waals surface area contributed by atoms with E-state index in [4.69, 9.17) is 17.0 Å². The van der Waals surface area contributed by atoms with E-state index in [1.165, 1.54) is 6.08 Å². The fourth-order valence-electron chi connectivity index (χ4n) is 1.69. The van der Waals surface area contributed by atoms with Gasteiger partial charge >= 0.3 is 0 Å². The molecule has 2 N–H and O–H groups in total. The molecule has 18 heavy (non-hydrogen) atoms. The maximum Gasteiger partial charge on any atom is 0.249 e. The van der Waals surface area contributed by atoms with Gasteiger partial charge < -0.3 is 10.1 Å². The molecule has 2 rings (SSSR count). The zero-order valence-corrected chi connectivity index (χ0v) is 12.0. The lowest BCUT2D eigenvalue weighted by molar-refractivity contribution is -0.115. The van der Waals surface area contributed by atoms with Gasteiger partial charge in [0, 0.05) is 23.2 Å². The van der Waals surface area contributed by atoms with Crippen molar-refractivity contribution in [3.63, 3.8) is 0 Å². The Morgan fingerprint density at radius 2 is 2.00 bits per heavy atom. The van der Waals surface area contributed by atoms with E-state index in [0.29, 0.717) is 0 Å². The summed E-state index contributed by atoms with van der Waals surface area (Å²) in [6.07, 6.45) is 3.04. The summed E-state index contributed by atoms with van der Waals surface area (Å²) in [6, 6.07) is 7.58. The summed E-state index contributed by atoms with van der Waals surface area (Å²) in [5.74, 6) is -0.275. The van der Waals surface area contributed by atoms with E-state index >= 15 is 0 Å². The minimum absolute atomic E-state index is 0.231. The highest BCUT2D eigenvalue weighted by Crippen LogP contribution is 2.26. The van der Waals surface area contributed by atoms with Crippen LogP contribution in [-0.4, -0.2) is 18.1 Å². The van der Waals surface area contributed by atoms with Crippen molar-refractivity contribution in [2.45, 2.75) is 5.72 Å². The number of methoxy groups -OCH3 is 1. The summed E-state index contributed by atoms with van der Waals surface area (Å²) < 4.78 is 6.48. The van der Waals surface area contributed by atoms with E-state index in [9.17, 15) is 4.79 Å². The maximum atomic E-state index is 11.4. The van der Waals surface area contributed by atoms with Crippen molar-refractivity contribution in [2.24, 2.45) is 0 Å². The zero-order valence-electron chi connectivity index (χ0n) is 9.57. The number of carbonyl (C=O) groups excluding carboxylic acids is 1. The van der Waals surface area contributed by atoms with Crippen LogP contribution in [0.5, 0.6) is 0 Å². The summed E-state index contributed by atoms with van der Waals surface area (Å²) in [6.45, 7) is 0. The minimum atomic E-state index is -0.934. The van der Waals surface area contributed by atoms with Gasteiger partial charge in [0.1, 0.15) is 0 Å². The number of thiocarbonyl (C=S) groups is 1. The van der Waals surface area contributed by atoms with Crippen LogP contribution in [0.2, 0.25) is 0 Å². The average Bonchev–Trinajstić information content (AvgIpc) is 2.49. The van der Waals surface area contributed by atoms with Crippen LogP contribution >= 0.6 is 28.1 Å². The van der Waals surface area contributed by atoms with E-state index in [1.807, 2.05) is 24.3 Å². The zero-order chi connectivity index (χ0) is 13.2. The number of halogens is 1. The highest BCUT2D eigenvalue weighted by atomic mass is 79.9. The van der Waals surface area contributed by atoms with Gasteiger partial charge in [-0.1, -0.05) is 28.1 Å². The molecule has 1 aliphatic heterocycles. The third-order valence-electron chi connectivity index (χ3n) is 2.60. The Balaban J connectivity index is 2.46. The fourth-order valence-corrected chi connectivity index (χ4v) is 2.21. The quantitative estimate of drug-likeness (QED) is 0.814. The Bertz CT molecular complexity index is 515. The van der Waals surface area contributed by atoms with Crippen molar-refractivity contribution in [1.29, 1.82) is 0 Å². The van der Waals surface area contributed by atoms with Gasteiger partial charge in [-0.25, -0.2) is 0 Å². The molecule has 0 spiro atoms. The maximum absolute atomic E-state index is 11.4. The lowest BCUT2D eigenvalue weighted by Gasteiger charge is -2.30. The van der Waals surface area contributed by atoms with Gasteiger partial charge in [-0.05, 0) is 30.4 Å². The van der Waals surface area contributed by atoms with E-state index < -0.39 is 5.72 Å². The Labute approximate surface area is 119 Å². The third kappa shape index (κ3) is 2.60. The summed E-state index contributed by atoms with van der Waals surface area (Å²) >= 11 is 8.41.